The van der Waals surface area contributed by atoms with Crippen LogP contribution in [0.5, 0.6) is 0 Å². The largest absolute Gasteiger partial charge is 0.461 e. The third-order valence-corrected chi connectivity index (χ3v) is 2.61. The highest BCUT2D eigenvalue weighted by Crippen LogP contribution is 2.24. The highest BCUT2D eigenvalue weighted by molar-refractivity contribution is 6.32. The third-order valence-electron chi connectivity index (χ3n) is 2.29. The van der Waals surface area contributed by atoms with Crippen molar-refractivity contribution in [1.82, 2.24) is 20.2 Å². The summed E-state index contributed by atoms with van der Waals surface area (Å²) in [6.07, 6.45) is 1.57. The van der Waals surface area contributed by atoms with Crippen molar-refractivity contribution in [1.29, 1.82) is 0 Å². The van der Waals surface area contributed by atoms with Gasteiger partial charge in [-0.25, -0.2) is 0 Å². The Bertz CT molecular complexity index is 632. The fraction of sp³-hybridized carbons (Fsp3) is 0. The molecule has 0 aliphatic heterocycles. The first-order chi connectivity index (χ1) is 8.36. The number of hydrogen-bond donors (Lipinski definition) is 0. The lowest BCUT2D eigenvalue weighted by Gasteiger charge is -2.04. The van der Waals surface area contributed by atoms with E-state index >= 15 is 0 Å². The predicted molar refractivity (Wildman–Crippen MR) is 61.9 cm³/mol. The van der Waals surface area contributed by atoms with E-state index in [1.165, 1.54) is 0 Å². The Kier molecular flexibility index (Phi) is 2.38. The van der Waals surface area contributed by atoms with E-state index in [-0.39, 0.29) is 0 Å². The van der Waals surface area contributed by atoms with Crippen LogP contribution in [0.2, 0.25) is 5.02 Å². The summed E-state index contributed by atoms with van der Waals surface area (Å²) < 4.78 is 6.82. The Morgan fingerprint density at radius 2 is 2.00 bits per heavy atom. The molecule has 84 valence electrons. The van der Waals surface area contributed by atoms with Crippen molar-refractivity contribution in [2.75, 3.05) is 0 Å². The lowest BCUT2D eigenvalue weighted by Crippen LogP contribution is -1.99. The number of tetrazole rings is 1. The molecule has 2 heterocycles. The lowest BCUT2D eigenvalue weighted by molar-refractivity contribution is 0.574. The zero-order valence-electron chi connectivity index (χ0n) is 8.62. The topological polar surface area (TPSA) is 56.7 Å². The van der Waals surface area contributed by atoms with Crippen LogP contribution in [-0.2, 0) is 0 Å². The fourth-order valence-corrected chi connectivity index (χ4v) is 1.75. The molecule has 3 rings (SSSR count). The number of hydrogen-bond acceptors (Lipinski definition) is 4. The summed E-state index contributed by atoms with van der Waals surface area (Å²) in [7, 11) is 0. The molecule has 0 saturated heterocycles. The van der Waals surface area contributed by atoms with Crippen molar-refractivity contribution < 1.29 is 4.42 Å². The molecule has 0 amide bonds. The second kappa shape index (κ2) is 4.03. The monoisotopic (exact) mass is 246 g/mol. The minimum atomic E-state index is 0.517. The van der Waals surface area contributed by atoms with Gasteiger partial charge in [-0.1, -0.05) is 23.7 Å². The zero-order chi connectivity index (χ0) is 11.7. The van der Waals surface area contributed by atoms with Gasteiger partial charge in [0.15, 0.2) is 5.76 Å². The number of rotatable bonds is 2. The minimum Gasteiger partial charge on any atom is -0.461 e. The van der Waals surface area contributed by atoms with E-state index in [9.17, 15) is 0 Å². The smallest absolute Gasteiger partial charge is 0.222 e. The van der Waals surface area contributed by atoms with Crippen LogP contribution in [0, 0.1) is 0 Å². The Morgan fingerprint density at radius 1 is 1.12 bits per heavy atom. The van der Waals surface area contributed by atoms with Crippen LogP contribution >= 0.6 is 11.6 Å². The Morgan fingerprint density at radius 3 is 2.76 bits per heavy atom. The highest BCUT2D eigenvalue weighted by atomic mass is 35.5. The van der Waals surface area contributed by atoms with Crippen LogP contribution in [0.15, 0.2) is 47.1 Å². The molecule has 17 heavy (non-hydrogen) atoms. The standard InChI is InChI=1S/C11H7ClN4O/c12-8-4-1-2-5-9(8)16-11(13-14-15-16)10-6-3-7-17-10/h1-7H. The first-order valence-electron chi connectivity index (χ1n) is 4.93. The third kappa shape index (κ3) is 1.70. The van der Waals surface area contributed by atoms with Gasteiger partial charge < -0.3 is 4.42 Å². The van der Waals surface area contributed by atoms with Crippen molar-refractivity contribution in [3.05, 3.63) is 47.7 Å². The van der Waals surface area contributed by atoms with Crippen LogP contribution in [0.4, 0.5) is 0 Å². The van der Waals surface area contributed by atoms with Crippen LogP contribution in [-0.4, -0.2) is 20.2 Å². The molecule has 0 atom stereocenters. The number of nitrogens with zero attached hydrogens (tertiary/aromatic N) is 4. The van der Waals surface area contributed by atoms with Crippen LogP contribution < -0.4 is 0 Å². The van der Waals surface area contributed by atoms with Gasteiger partial charge in [-0.15, -0.1) is 5.10 Å². The van der Waals surface area contributed by atoms with Crippen LogP contribution in [0.3, 0.4) is 0 Å². The van der Waals surface area contributed by atoms with E-state index < -0.39 is 0 Å². The predicted octanol–water partition coefficient (Wildman–Crippen LogP) is 2.58. The van der Waals surface area contributed by atoms with E-state index in [0.717, 1.165) is 0 Å². The van der Waals surface area contributed by atoms with Gasteiger partial charge in [-0.3, -0.25) is 0 Å². The molecule has 3 aromatic rings. The van der Waals surface area contributed by atoms with Gasteiger partial charge >= 0.3 is 0 Å². The van der Waals surface area contributed by atoms with Gasteiger partial charge in [0.1, 0.15) is 0 Å². The molecule has 6 heteroatoms. The molecule has 0 unspecified atom stereocenters. The Hall–Kier alpha value is -2.14. The van der Waals surface area contributed by atoms with E-state index in [1.807, 2.05) is 18.2 Å². The maximum atomic E-state index is 6.10. The first-order valence-corrected chi connectivity index (χ1v) is 5.31. The molecule has 0 aliphatic rings. The van der Waals surface area contributed by atoms with E-state index in [2.05, 4.69) is 15.5 Å². The molecule has 2 aromatic heterocycles. The molecule has 0 saturated carbocycles. The second-order valence-electron chi connectivity index (χ2n) is 3.34. The lowest BCUT2D eigenvalue weighted by atomic mass is 10.3. The number of para-hydroxylation sites is 1. The SMILES string of the molecule is Clc1ccccc1-n1nnnc1-c1ccco1. The fourth-order valence-electron chi connectivity index (χ4n) is 1.53. The number of furan rings is 1. The molecule has 0 N–H and O–H groups in total. The van der Waals surface area contributed by atoms with Gasteiger partial charge in [0.05, 0.1) is 17.0 Å². The summed E-state index contributed by atoms with van der Waals surface area (Å²) in [5.74, 6) is 1.11. The number of halogens is 1. The molecule has 0 aliphatic carbocycles. The normalized spacial score (nSPS) is 10.6. The summed E-state index contributed by atoms with van der Waals surface area (Å²) in [5, 5.41) is 12.1. The maximum absolute atomic E-state index is 6.10. The van der Waals surface area contributed by atoms with E-state index in [4.69, 9.17) is 16.0 Å². The molecule has 0 bridgehead atoms. The minimum absolute atomic E-state index is 0.517. The maximum Gasteiger partial charge on any atom is 0.222 e. The zero-order valence-corrected chi connectivity index (χ0v) is 9.37. The molecule has 0 fully saturated rings. The van der Waals surface area contributed by atoms with Gasteiger partial charge in [0.25, 0.3) is 0 Å². The van der Waals surface area contributed by atoms with Crippen LogP contribution in [0.1, 0.15) is 0 Å². The van der Waals surface area contributed by atoms with E-state index in [1.54, 1.807) is 29.1 Å². The van der Waals surface area contributed by atoms with Crippen LogP contribution in [0.25, 0.3) is 17.3 Å². The Balaban J connectivity index is 2.17. The number of aromatic nitrogens is 4. The summed E-state index contributed by atoms with van der Waals surface area (Å²) in [6, 6.07) is 10.9. The van der Waals surface area contributed by atoms with Crippen molar-refractivity contribution in [3.8, 4) is 17.3 Å². The summed E-state index contributed by atoms with van der Waals surface area (Å²) >= 11 is 6.10. The molecular formula is C11H7ClN4O. The summed E-state index contributed by atoms with van der Waals surface area (Å²) in [6.45, 7) is 0. The molecule has 0 spiro atoms. The van der Waals surface area contributed by atoms with Crippen molar-refractivity contribution in [2.24, 2.45) is 0 Å². The number of benzene rings is 1. The summed E-state index contributed by atoms with van der Waals surface area (Å²) in [4.78, 5) is 0. The average Bonchev–Trinajstić information content (AvgIpc) is 3.00. The molecular weight excluding hydrogens is 240 g/mol. The van der Waals surface area contributed by atoms with Gasteiger partial charge in [0, 0.05) is 0 Å². The molecule has 1 aromatic carbocycles. The van der Waals surface area contributed by atoms with Crippen molar-refractivity contribution >= 4 is 11.6 Å². The Labute approximate surface area is 102 Å². The first kappa shape index (κ1) is 10.0. The molecule has 5 nitrogen and oxygen atoms in total. The van der Waals surface area contributed by atoms with Crippen molar-refractivity contribution in [3.63, 3.8) is 0 Å². The van der Waals surface area contributed by atoms with Gasteiger partial charge in [-0.05, 0) is 34.7 Å². The van der Waals surface area contributed by atoms with Gasteiger partial charge in [0.2, 0.25) is 5.82 Å². The second-order valence-corrected chi connectivity index (χ2v) is 3.75. The average molecular weight is 247 g/mol. The van der Waals surface area contributed by atoms with Crippen molar-refractivity contribution in [2.45, 2.75) is 0 Å². The van der Waals surface area contributed by atoms with Gasteiger partial charge in [-0.2, -0.15) is 4.68 Å². The summed E-state index contributed by atoms with van der Waals surface area (Å²) in [5.41, 5.74) is 0.713. The van der Waals surface area contributed by atoms with E-state index in [0.29, 0.717) is 22.3 Å². The quantitative estimate of drug-likeness (QED) is 0.697. The molecule has 0 radical (unpaired) electrons. The highest BCUT2D eigenvalue weighted by Gasteiger charge is 2.14.